The van der Waals surface area contributed by atoms with Gasteiger partial charge in [-0.05, 0) is 31.2 Å². The standard InChI is InChI=1S/C11H9ClN2O3/c1-6-9(11(16)17)10(12)14(13-6)7-2-4-8(15)5-3-7/h2-5,15H,1H3,(H,16,17). The van der Waals surface area contributed by atoms with Crippen LogP contribution in [0.1, 0.15) is 16.1 Å². The molecule has 0 spiro atoms. The number of aromatic hydroxyl groups is 1. The van der Waals surface area contributed by atoms with Crippen LogP contribution < -0.4 is 0 Å². The molecule has 0 bridgehead atoms. The van der Waals surface area contributed by atoms with Gasteiger partial charge in [-0.25, -0.2) is 9.48 Å². The highest BCUT2D eigenvalue weighted by atomic mass is 35.5. The van der Waals surface area contributed by atoms with Crippen LogP contribution in [0.25, 0.3) is 5.69 Å². The van der Waals surface area contributed by atoms with Crippen molar-refractivity contribution in [1.29, 1.82) is 0 Å². The van der Waals surface area contributed by atoms with E-state index in [1.54, 1.807) is 19.1 Å². The van der Waals surface area contributed by atoms with Crippen LogP contribution >= 0.6 is 11.6 Å². The molecule has 0 aliphatic carbocycles. The lowest BCUT2D eigenvalue weighted by molar-refractivity contribution is 0.0696. The zero-order valence-corrected chi connectivity index (χ0v) is 9.64. The number of phenolic OH excluding ortho intramolecular Hbond substituents is 1. The summed E-state index contributed by atoms with van der Waals surface area (Å²) in [5, 5.41) is 22.2. The predicted octanol–water partition coefficient (Wildman–Crippen LogP) is 2.24. The number of aryl methyl sites for hydroxylation is 1. The average Bonchev–Trinajstić information content (AvgIpc) is 2.55. The monoisotopic (exact) mass is 252 g/mol. The van der Waals surface area contributed by atoms with Crippen molar-refractivity contribution in [3.05, 3.63) is 40.7 Å². The Morgan fingerprint density at radius 2 is 1.94 bits per heavy atom. The van der Waals surface area contributed by atoms with Crippen molar-refractivity contribution in [3.63, 3.8) is 0 Å². The lowest BCUT2D eigenvalue weighted by Crippen LogP contribution is -1.99. The number of rotatable bonds is 2. The zero-order valence-electron chi connectivity index (χ0n) is 8.88. The first-order chi connectivity index (χ1) is 8.00. The van der Waals surface area contributed by atoms with E-state index in [1.807, 2.05) is 0 Å². The molecule has 0 saturated carbocycles. The second kappa shape index (κ2) is 4.10. The number of phenols is 1. The quantitative estimate of drug-likeness (QED) is 0.859. The molecule has 2 aromatic rings. The molecule has 0 radical (unpaired) electrons. The maximum atomic E-state index is 11.0. The Balaban J connectivity index is 2.57. The number of carboxylic acid groups (broad SMARTS) is 1. The van der Waals surface area contributed by atoms with Gasteiger partial charge in [0.25, 0.3) is 0 Å². The summed E-state index contributed by atoms with van der Waals surface area (Å²) >= 11 is 5.96. The van der Waals surface area contributed by atoms with Crippen molar-refractivity contribution in [2.24, 2.45) is 0 Å². The van der Waals surface area contributed by atoms with E-state index in [-0.39, 0.29) is 16.5 Å². The van der Waals surface area contributed by atoms with E-state index in [1.165, 1.54) is 16.8 Å². The van der Waals surface area contributed by atoms with Crippen LogP contribution in [0.4, 0.5) is 0 Å². The Morgan fingerprint density at radius 1 is 1.35 bits per heavy atom. The van der Waals surface area contributed by atoms with E-state index < -0.39 is 5.97 Å². The number of nitrogens with zero attached hydrogens (tertiary/aromatic N) is 2. The lowest BCUT2D eigenvalue weighted by atomic mass is 10.2. The molecule has 2 N–H and O–H groups in total. The van der Waals surface area contributed by atoms with E-state index in [9.17, 15) is 4.79 Å². The summed E-state index contributed by atoms with van der Waals surface area (Å²) in [6, 6.07) is 6.14. The van der Waals surface area contributed by atoms with Crippen LogP contribution in [0, 0.1) is 6.92 Å². The van der Waals surface area contributed by atoms with Crippen molar-refractivity contribution >= 4 is 17.6 Å². The van der Waals surface area contributed by atoms with Crippen molar-refractivity contribution < 1.29 is 15.0 Å². The molecular weight excluding hydrogens is 244 g/mol. The van der Waals surface area contributed by atoms with Crippen molar-refractivity contribution in [1.82, 2.24) is 9.78 Å². The first kappa shape index (κ1) is 11.5. The number of aromatic carboxylic acids is 1. The Kier molecular flexibility index (Phi) is 2.77. The summed E-state index contributed by atoms with van der Waals surface area (Å²) in [5.74, 6) is -0.996. The van der Waals surface area contributed by atoms with Crippen molar-refractivity contribution in [3.8, 4) is 11.4 Å². The Morgan fingerprint density at radius 3 is 2.41 bits per heavy atom. The topological polar surface area (TPSA) is 75.3 Å². The molecule has 0 fully saturated rings. The normalized spacial score (nSPS) is 10.5. The fourth-order valence-corrected chi connectivity index (χ4v) is 1.86. The molecular formula is C11H9ClN2O3. The minimum absolute atomic E-state index is 0.0141. The molecule has 1 heterocycles. The number of hydrogen-bond donors (Lipinski definition) is 2. The van der Waals surface area contributed by atoms with Gasteiger partial charge in [-0.15, -0.1) is 0 Å². The van der Waals surface area contributed by atoms with Crippen molar-refractivity contribution in [2.75, 3.05) is 0 Å². The number of hydrogen-bond acceptors (Lipinski definition) is 3. The van der Waals surface area contributed by atoms with Gasteiger partial charge in [0.1, 0.15) is 16.5 Å². The summed E-state index contributed by atoms with van der Waals surface area (Å²) in [4.78, 5) is 11.0. The highest BCUT2D eigenvalue weighted by Gasteiger charge is 2.20. The zero-order chi connectivity index (χ0) is 12.6. The van der Waals surface area contributed by atoms with E-state index >= 15 is 0 Å². The molecule has 0 unspecified atom stereocenters. The smallest absolute Gasteiger partial charge is 0.340 e. The molecule has 0 amide bonds. The molecule has 17 heavy (non-hydrogen) atoms. The molecule has 5 nitrogen and oxygen atoms in total. The fourth-order valence-electron chi connectivity index (χ4n) is 1.51. The first-order valence-corrected chi connectivity index (χ1v) is 5.16. The lowest BCUT2D eigenvalue weighted by Gasteiger charge is -2.02. The second-order valence-corrected chi connectivity index (χ2v) is 3.84. The molecule has 0 aliphatic rings. The number of aromatic nitrogens is 2. The second-order valence-electron chi connectivity index (χ2n) is 3.48. The molecule has 88 valence electrons. The maximum Gasteiger partial charge on any atom is 0.340 e. The van der Waals surface area contributed by atoms with Gasteiger partial charge in [-0.2, -0.15) is 5.10 Å². The third kappa shape index (κ3) is 1.97. The van der Waals surface area contributed by atoms with Crippen LogP contribution in [0.15, 0.2) is 24.3 Å². The van der Waals surface area contributed by atoms with Crippen molar-refractivity contribution in [2.45, 2.75) is 6.92 Å². The first-order valence-electron chi connectivity index (χ1n) is 4.78. The molecule has 0 saturated heterocycles. The van der Waals surface area contributed by atoms with E-state index in [0.717, 1.165) is 0 Å². The van der Waals surface area contributed by atoms with Gasteiger partial charge in [0.05, 0.1) is 11.4 Å². The number of carboxylic acids is 1. The minimum Gasteiger partial charge on any atom is -0.508 e. The summed E-state index contributed by atoms with van der Waals surface area (Å²) in [6.07, 6.45) is 0. The molecule has 2 rings (SSSR count). The SMILES string of the molecule is Cc1nn(-c2ccc(O)cc2)c(Cl)c1C(=O)O. The summed E-state index contributed by atoms with van der Waals surface area (Å²) in [7, 11) is 0. The third-order valence-corrected chi connectivity index (χ3v) is 2.66. The fraction of sp³-hybridized carbons (Fsp3) is 0.0909. The van der Waals surface area contributed by atoms with Gasteiger partial charge in [0.15, 0.2) is 0 Å². The third-order valence-electron chi connectivity index (χ3n) is 2.31. The van der Waals surface area contributed by atoms with Gasteiger partial charge in [0, 0.05) is 0 Å². The Hall–Kier alpha value is -2.01. The number of benzene rings is 1. The largest absolute Gasteiger partial charge is 0.508 e. The minimum atomic E-state index is -1.11. The van der Waals surface area contributed by atoms with Gasteiger partial charge >= 0.3 is 5.97 Å². The highest BCUT2D eigenvalue weighted by molar-refractivity contribution is 6.32. The van der Waals surface area contributed by atoms with Crippen LogP contribution in [-0.2, 0) is 0 Å². The summed E-state index contributed by atoms with van der Waals surface area (Å²) in [6.45, 7) is 1.58. The van der Waals surface area contributed by atoms with E-state index in [2.05, 4.69) is 5.10 Å². The van der Waals surface area contributed by atoms with Crippen LogP contribution in [0.5, 0.6) is 5.75 Å². The molecule has 1 aromatic carbocycles. The molecule has 0 aliphatic heterocycles. The van der Waals surface area contributed by atoms with Gasteiger partial charge in [0.2, 0.25) is 0 Å². The predicted molar refractivity (Wildman–Crippen MR) is 61.9 cm³/mol. The Labute approximate surface area is 102 Å². The van der Waals surface area contributed by atoms with Gasteiger partial charge in [-0.1, -0.05) is 11.6 Å². The van der Waals surface area contributed by atoms with Gasteiger partial charge in [-0.3, -0.25) is 0 Å². The van der Waals surface area contributed by atoms with Gasteiger partial charge < -0.3 is 10.2 Å². The van der Waals surface area contributed by atoms with Crippen LogP contribution in [0.3, 0.4) is 0 Å². The maximum absolute atomic E-state index is 11.0. The van der Waals surface area contributed by atoms with E-state index in [0.29, 0.717) is 11.4 Å². The average molecular weight is 253 g/mol. The Bertz CT molecular complexity index is 575. The van der Waals surface area contributed by atoms with Crippen LogP contribution in [-0.4, -0.2) is 26.0 Å². The number of carbonyl (C=O) groups is 1. The molecule has 6 heteroatoms. The molecule has 0 atom stereocenters. The summed E-state index contributed by atoms with van der Waals surface area (Å²) < 4.78 is 1.32. The highest BCUT2D eigenvalue weighted by Crippen LogP contribution is 2.24. The summed E-state index contributed by atoms with van der Waals surface area (Å²) in [5.41, 5.74) is 0.915. The van der Waals surface area contributed by atoms with Crippen LogP contribution in [0.2, 0.25) is 5.15 Å². The van der Waals surface area contributed by atoms with E-state index in [4.69, 9.17) is 21.8 Å². The molecule has 1 aromatic heterocycles. The number of halogens is 1.